The highest BCUT2D eigenvalue weighted by Gasteiger charge is 2.06. The molecule has 2 N–H and O–H groups in total. The molecule has 1 aromatic carbocycles. The average molecular weight is 320 g/mol. The van der Waals surface area contributed by atoms with E-state index < -0.39 is 11.6 Å². The third-order valence-corrected chi connectivity index (χ3v) is 2.51. The highest BCUT2D eigenvalue weighted by molar-refractivity contribution is 14.1. The Hall–Kier alpha value is 0.0600. The molecule has 0 aliphatic heterocycles. The van der Waals surface area contributed by atoms with Crippen LogP contribution in [0, 0.1) is 15.2 Å². The highest BCUT2D eigenvalue weighted by atomic mass is 127. The van der Waals surface area contributed by atoms with Crippen LogP contribution in [0.3, 0.4) is 0 Å². The molecular weight excluding hydrogens is 310 g/mol. The molecule has 0 aromatic heterocycles. The molecule has 13 heavy (non-hydrogen) atoms. The Morgan fingerprint density at radius 3 is 2.31 bits per heavy atom. The second-order valence-electron chi connectivity index (χ2n) is 2.40. The predicted octanol–water partition coefficient (Wildman–Crippen LogP) is 2.49. The summed E-state index contributed by atoms with van der Waals surface area (Å²) in [6.07, 6.45) is 0.579. The van der Waals surface area contributed by atoms with Gasteiger partial charge >= 0.3 is 0 Å². The van der Waals surface area contributed by atoms with E-state index >= 15 is 0 Å². The summed E-state index contributed by atoms with van der Waals surface area (Å²) in [7, 11) is 0. The van der Waals surface area contributed by atoms with Crippen molar-refractivity contribution in [2.75, 3.05) is 6.54 Å². The minimum Gasteiger partial charge on any atom is -0.330 e. The van der Waals surface area contributed by atoms with E-state index in [1.807, 2.05) is 22.6 Å². The summed E-state index contributed by atoms with van der Waals surface area (Å²) in [6.45, 7) is 0.446. The van der Waals surface area contributed by atoms with Crippen LogP contribution in [0.4, 0.5) is 8.78 Å². The number of benzene rings is 1. The van der Waals surface area contributed by atoms with Gasteiger partial charge in [0.05, 0.1) is 0 Å². The molecule has 74 valence electrons. The maximum absolute atomic E-state index is 12.7. The van der Waals surface area contributed by atoms with E-state index in [1.54, 1.807) is 0 Å². The molecule has 1 nitrogen and oxygen atoms in total. The Morgan fingerprint density at radius 1 is 1.23 bits per heavy atom. The lowest BCUT2D eigenvalue weighted by molar-refractivity contribution is 0.506. The van der Waals surface area contributed by atoms with E-state index in [0.717, 1.165) is 9.13 Å². The summed E-state index contributed by atoms with van der Waals surface area (Å²) in [4.78, 5) is 0. The summed E-state index contributed by atoms with van der Waals surface area (Å²) in [5.41, 5.74) is 6.06. The lowest BCUT2D eigenvalue weighted by Crippen LogP contribution is -2.05. The Balaban J connectivity index is 0.00000144. The van der Waals surface area contributed by atoms with Crippen molar-refractivity contribution in [1.82, 2.24) is 0 Å². The van der Waals surface area contributed by atoms with Gasteiger partial charge in [-0.05, 0) is 53.3 Å². The smallest absolute Gasteiger partial charge is 0.159 e. The van der Waals surface area contributed by atoms with Crippen LogP contribution in [-0.2, 0) is 6.42 Å². The molecule has 0 aliphatic carbocycles. The van der Waals surface area contributed by atoms with Gasteiger partial charge in [-0.2, -0.15) is 0 Å². The first-order valence-corrected chi connectivity index (χ1v) is 4.56. The second-order valence-corrected chi connectivity index (χ2v) is 3.56. The van der Waals surface area contributed by atoms with Crippen molar-refractivity contribution in [3.8, 4) is 0 Å². The molecule has 0 bridgehead atoms. The summed E-state index contributed by atoms with van der Waals surface area (Å²) < 4.78 is 26.0. The van der Waals surface area contributed by atoms with E-state index in [2.05, 4.69) is 0 Å². The number of halogens is 4. The molecule has 1 aromatic rings. The number of hydrogen-bond acceptors (Lipinski definition) is 1. The van der Waals surface area contributed by atoms with Gasteiger partial charge in [-0.3, -0.25) is 0 Å². The van der Waals surface area contributed by atoms with Gasteiger partial charge in [-0.15, -0.1) is 12.4 Å². The van der Waals surface area contributed by atoms with E-state index in [9.17, 15) is 8.78 Å². The Bertz CT molecular complexity index is 294. The van der Waals surface area contributed by atoms with Gasteiger partial charge in [-0.25, -0.2) is 8.78 Å². The topological polar surface area (TPSA) is 26.0 Å². The first-order chi connectivity index (χ1) is 5.65. The van der Waals surface area contributed by atoms with E-state index in [0.29, 0.717) is 13.0 Å². The van der Waals surface area contributed by atoms with E-state index in [4.69, 9.17) is 5.73 Å². The van der Waals surface area contributed by atoms with Crippen molar-refractivity contribution in [2.45, 2.75) is 6.42 Å². The molecule has 0 saturated heterocycles. The van der Waals surface area contributed by atoms with Gasteiger partial charge in [0.25, 0.3) is 0 Å². The minimum absolute atomic E-state index is 0. The molecule has 0 unspecified atom stereocenters. The molecule has 0 spiro atoms. The fraction of sp³-hybridized carbons (Fsp3) is 0.250. The normalized spacial score (nSPS) is 9.54. The van der Waals surface area contributed by atoms with Crippen molar-refractivity contribution in [3.05, 3.63) is 32.9 Å². The van der Waals surface area contributed by atoms with Crippen LogP contribution in [0.5, 0.6) is 0 Å². The van der Waals surface area contributed by atoms with Gasteiger partial charge in [0.15, 0.2) is 11.6 Å². The van der Waals surface area contributed by atoms with Crippen LogP contribution in [0.25, 0.3) is 0 Å². The highest BCUT2D eigenvalue weighted by Crippen LogP contribution is 2.17. The monoisotopic (exact) mass is 319 g/mol. The lowest BCUT2D eigenvalue weighted by Gasteiger charge is -2.02. The zero-order chi connectivity index (χ0) is 9.14. The number of hydrogen-bond donors (Lipinski definition) is 1. The van der Waals surface area contributed by atoms with Crippen LogP contribution >= 0.6 is 35.0 Å². The van der Waals surface area contributed by atoms with Crippen LogP contribution in [0.1, 0.15) is 5.56 Å². The van der Waals surface area contributed by atoms with Crippen LogP contribution in [0.15, 0.2) is 12.1 Å². The van der Waals surface area contributed by atoms with Crippen molar-refractivity contribution in [1.29, 1.82) is 0 Å². The third kappa shape index (κ3) is 3.36. The van der Waals surface area contributed by atoms with Crippen LogP contribution in [-0.4, -0.2) is 6.54 Å². The van der Waals surface area contributed by atoms with Crippen molar-refractivity contribution >= 4 is 35.0 Å². The molecule has 5 heteroatoms. The maximum atomic E-state index is 12.7. The van der Waals surface area contributed by atoms with Crippen molar-refractivity contribution in [3.63, 3.8) is 0 Å². The Morgan fingerprint density at radius 2 is 1.77 bits per heavy atom. The van der Waals surface area contributed by atoms with Crippen molar-refractivity contribution in [2.24, 2.45) is 5.73 Å². The Labute approximate surface area is 95.2 Å². The molecule has 0 aliphatic rings. The Kier molecular flexibility index (Phi) is 5.75. The molecular formula is C8H9ClF2IN. The molecule has 0 amide bonds. The van der Waals surface area contributed by atoms with Crippen LogP contribution < -0.4 is 5.73 Å². The zero-order valence-electron chi connectivity index (χ0n) is 6.69. The van der Waals surface area contributed by atoms with Gasteiger partial charge < -0.3 is 5.73 Å². The van der Waals surface area contributed by atoms with Crippen LogP contribution in [0.2, 0.25) is 0 Å². The summed E-state index contributed by atoms with van der Waals surface area (Å²) >= 11 is 1.96. The van der Waals surface area contributed by atoms with E-state index in [-0.39, 0.29) is 12.4 Å². The summed E-state index contributed by atoms with van der Waals surface area (Å²) in [5, 5.41) is 0. The SMILES string of the molecule is Cl.NCCc1cc(F)c(F)cc1I. The van der Waals surface area contributed by atoms with Gasteiger partial charge in [-0.1, -0.05) is 0 Å². The molecule has 0 atom stereocenters. The van der Waals surface area contributed by atoms with E-state index in [1.165, 1.54) is 12.1 Å². The first kappa shape index (κ1) is 13.1. The summed E-state index contributed by atoms with van der Waals surface area (Å²) in [6, 6.07) is 2.38. The number of nitrogens with two attached hydrogens (primary N) is 1. The zero-order valence-corrected chi connectivity index (χ0v) is 9.66. The first-order valence-electron chi connectivity index (χ1n) is 3.48. The molecule has 0 fully saturated rings. The molecule has 0 saturated carbocycles. The fourth-order valence-electron chi connectivity index (χ4n) is 0.911. The fourth-order valence-corrected chi connectivity index (χ4v) is 1.61. The average Bonchev–Trinajstić information content (AvgIpc) is 2.01. The number of rotatable bonds is 2. The second kappa shape index (κ2) is 5.72. The lowest BCUT2D eigenvalue weighted by atomic mass is 10.1. The van der Waals surface area contributed by atoms with Crippen molar-refractivity contribution < 1.29 is 8.78 Å². The van der Waals surface area contributed by atoms with Gasteiger partial charge in [0, 0.05) is 3.57 Å². The molecule has 0 heterocycles. The predicted molar refractivity (Wildman–Crippen MR) is 59.1 cm³/mol. The largest absolute Gasteiger partial charge is 0.330 e. The summed E-state index contributed by atoms with van der Waals surface area (Å²) in [5.74, 6) is -1.61. The van der Waals surface area contributed by atoms with Gasteiger partial charge in [0.2, 0.25) is 0 Å². The maximum Gasteiger partial charge on any atom is 0.159 e. The minimum atomic E-state index is -0.807. The quantitative estimate of drug-likeness (QED) is 0.658. The van der Waals surface area contributed by atoms with Gasteiger partial charge in [0.1, 0.15) is 0 Å². The molecule has 1 rings (SSSR count). The molecule has 0 radical (unpaired) electrons. The third-order valence-electron chi connectivity index (χ3n) is 1.50. The standard InChI is InChI=1S/C8H8F2IN.ClH/c9-6-3-5(1-2-12)8(11)4-7(6)10;/h3-4H,1-2,12H2;1H.